The number of aliphatic carboxylic acids is 1. The van der Waals surface area contributed by atoms with Gasteiger partial charge in [0.2, 0.25) is 0 Å². The maximum Gasteiger partial charge on any atom is 0.323 e. The number of rotatable bonds is 5. The molecule has 0 saturated carbocycles. The number of urea groups is 1. The summed E-state index contributed by atoms with van der Waals surface area (Å²) < 4.78 is 11.2. The van der Waals surface area contributed by atoms with E-state index in [2.05, 4.69) is 11.9 Å². The fourth-order valence-corrected chi connectivity index (χ4v) is 3.04. The van der Waals surface area contributed by atoms with Gasteiger partial charge in [-0.1, -0.05) is 6.08 Å². The minimum Gasteiger partial charge on any atom is -0.480 e. The largest absolute Gasteiger partial charge is 0.480 e. The average Bonchev–Trinajstić information content (AvgIpc) is 2.31. The number of carboxylic acid groups (broad SMARTS) is 1. The van der Waals surface area contributed by atoms with Gasteiger partial charge in [0.25, 0.3) is 0 Å². The highest BCUT2D eigenvalue weighted by Crippen LogP contribution is 2.09. The Labute approximate surface area is 108 Å². The molecule has 0 aromatic rings. The van der Waals surface area contributed by atoms with E-state index in [0.29, 0.717) is 24.3 Å². The predicted molar refractivity (Wildman–Crippen MR) is 68.8 cm³/mol. The van der Waals surface area contributed by atoms with Gasteiger partial charge in [-0.3, -0.25) is 9.00 Å². The van der Waals surface area contributed by atoms with E-state index in [-0.39, 0.29) is 19.1 Å². The van der Waals surface area contributed by atoms with Crippen molar-refractivity contribution >= 4 is 22.8 Å². The molecule has 0 aromatic heterocycles. The second kappa shape index (κ2) is 7.15. The summed E-state index contributed by atoms with van der Waals surface area (Å²) in [7, 11) is -0.774. The van der Waals surface area contributed by atoms with Crippen LogP contribution >= 0.6 is 0 Å². The van der Waals surface area contributed by atoms with Crippen molar-refractivity contribution in [1.29, 1.82) is 0 Å². The van der Waals surface area contributed by atoms with E-state index >= 15 is 0 Å². The van der Waals surface area contributed by atoms with Gasteiger partial charge in [0.1, 0.15) is 6.54 Å². The van der Waals surface area contributed by atoms with Gasteiger partial charge in [-0.2, -0.15) is 0 Å². The van der Waals surface area contributed by atoms with Gasteiger partial charge in [-0.15, -0.1) is 6.58 Å². The monoisotopic (exact) mass is 274 g/mol. The van der Waals surface area contributed by atoms with E-state index in [1.807, 2.05) is 0 Å². The summed E-state index contributed by atoms with van der Waals surface area (Å²) in [5.74, 6) is 0.119. The van der Waals surface area contributed by atoms with Gasteiger partial charge >= 0.3 is 12.0 Å². The van der Waals surface area contributed by atoms with Gasteiger partial charge in [0.15, 0.2) is 0 Å². The maximum atomic E-state index is 11.8. The molecule has 0 unspecified atom stereocenters. The highest BCUT2D eigenvalue weighted by molar-refractivity contribution is 7.85. The third-order valence-corrected chi connectivity index (χ3v) is 4.06. The van der Waals surface area contributed by atoms with E-state index in [1.165, 1.54) is 11.0 Å². The Hall–Kier alpha value is -1.37. The first-order valence-corrected chi connectivity index (χ1v) is 7.25. The van der Waals surface area contributed by atoms with Crippen molar-refractivity contribution in [2.75, 3.05) is 24.6 Å². The zero-order chi connectivity index (χ0) is 13.5. The number of hydrogen-bond donors (Lipinski definition) is 2. The Morgan fingerprint density at radius 1 is 1.44 bits per heavy atom. The topological polar surface area (TPSA) is 86.7 Å². The molecule has 2 N–H and O–H groups in total. The SMILES string of the molecule is C=CCN(CC(=O)O)C(=O)NC1CCS(=O)CC1. The summed E-state index contributed by atoms with van der Waals surface area (Å²) in [6.45, 7) is 3.33. The van der Waals surface area contributed by atoms with Crippen LogP contribution in [0.2, 0.25) is 0 Å². The highest BCUT2D eigenvalue weighted by atomic mass is 32.2. The van der Waals surface area contributed by atoms with Crippen LogP contribution in [-0.4, -0.2) is 56.9 Å². The Morgan fingerprint density at radius 2 is 2.06 bits per heavy atom. The first kappa shape index (κ1) is 14.7. The van der Waals surface area contributed by atoms with Crippen molar-refractivity contribution in [3.05, 3.63) is 12.7 Å². The predicted octanol–water partition coefficient (Wildman–Crippen LogP) is 0.180. The molecular weight excluding hydrogens is 256 g/mol. The normalized spacial score (nSPS) is 23.1. The second-order valence-corrected chi connectivity index (χ2v) is 5.83. The molecule has 0 aromatic carbocycles. The van der Waals surface area contributed by atoms with Gasteiger partial charge in [-0.05, 0) is 12.8 Å². The molecule has 1 aliphatic rings. The van der Waals surface area contributed by atoms with Gasteiger partial charge in [0.05, 0.1) is 0 Å². The molecule has 1 heterocycles. The fraction of sp³-hybridized carbons (Fsp3) is 0.636. The number of carbonyl (C=O) groups excluding carboxylic acids is 1. The maximum absolute atomic E-state index is 11.8. The molecule has 0 bridgehead atoms. The van der Waals surface area contributed by atoms with Crippen molar-refractivity contribution < 1.29 is 18.9 Å². The van der Waals surface area contributed by atoms with Gasteiger partial charge in [-0.25, -0.2) is 4.79 Å². The lowest BCUT2D eigenvalue weighted by molar-refractivity contribution is -0.137. The van der Waals surface area contributed by atoms with Crippen LogP contribution in [0.15, 0.2) is 12.7 Å². The molecule has 0 aliphatic carbocycles. The molecule has 0 spiro atoms. The molecule has 1 aliphatic heterocycles. The minimum absolute atomic E-state index is 0.0173. The number of carbonyl (C=O) groups is 2. The third-order valence-electron chi connectivity index (χ3n) is 2.68. The summed E-state index contributed by atoms with van der Waals surface area (Å²) in [4.78, 5) is 23.7. The van der Waals surface area contributed by atoms with E-state index < -0.39 is 22.8 Å². The van der Waals surface area contributed by atoms with Crippen LogP contribution in [0.4, 0.5) is 4.79 Å². The van der Waals surface area contributed by atoms with Crippen molar-refractivity contribution in [2.24, 2.45) is 0 Å². The Balaban J connectivity index is 2.47. The summed E-state index contributed by atoms with van der Waals surface area (Å²) in [6.07, 6.45) is 2.83. The summed E-state index contributed by atoms with van der Waals surface area (Å²) in [6, 6.07) is -0.425. The summed E-state index contributed by atoms with van der Waals surface area (Å²) >= 11 is 0. The zero-order valence-corrected chi connectivity index (χ0v) is 10.9. The highest BCUT2D eigenvalue weighted by Gasteiger charge is 2.22. The average molecular weight is 274 g/mol. The van der Waals surface area contributed by atoms with Gasteiger partial charge in [0, 0.05) is 34.9 Å². The Morgan fingerprint density at radius 3 is 2.56 bits per heavy atom. The molecule has 0 atom stereocenters. The molecule has 1 saturated heterocycles. The molecule has 18 heavy (non-hydrogen) atoms. The van der Waals surface area contributed by atoms with Crippen molar-refractivity contribution in [2.45, 2.75) is 18.9 Å². The lowest BCUT2D eigenvalue weighted by Gasteiger charge is -2.26. The van der Waals surface area contributed by atoms with Crippen molar-refractivity contribution in [3.63, 3.8) is 0 Å². The standard InChI is InChI=1S/C11H18N2O4S/c1-2-5-13(8-10(14)15)11(16)12-9-3-6-18(17)7-4-9/h2,9H,1,3-8H2,(H,12,16)(H,14,15). The van der Waals surface area contributed by atoms with Crippen LogP contribution < -0.4 is 5.32 Å². The number of hydrogen-bond acceptors (Lipinski definition) is 3. The second-order valence-electron chi connectivity index (χ2n) is 4.13. The Kier molecular flexibility index (Phi) is 5.84. The number of nitrogens with zero attached hydrogens (tertiary/aromatic N) is 1. The molecule has 6 nitrogen and oxygen atoms in total. The zero-order valence-electron chi connectivity index (χ0n) is 10.1. The lowest BCUT2D eigenvalue weighted by atomic mass is 10.1. The van der Waals surface area contributed by atoms with E-state index in [9.17, 15) is 13.8 Å². The van der Waals surface area contributed by atoms with Crippen molar-refractivity contribution in [1.82, 2.24) is 10.2 Å². The first-order chi connectivity index (χ1) is 8.52. The fourth-order valence-electron chi connectivity index (χ4n) is 1.74. The number of carboxylic acids is 1. The minimum atomic E-state index is -1.06. The van der Waals surface area contributed by atoms with E-state index in [0.717, 1.165) is 0 Å². The molecule has 2 amide bonds. The molecule has 0 radical (unpaired) electrons. The number of nitrogens with one attached hydrogen (secondary N) is 1. The van der Waals surface area contributed by atoms with Crippen LogP contribution in [0.5, 0.6) is 0 Å². The van der Waals surface area contributed by atoms with Crippen LogP contribution in [-0.2, 0) is 15.6 Å². The van der Waals surface area contributed by atoms with E-state index in [4.69, 9.17) is 5.11 Å². The van der Waals surface area contributed by atoms with Crippen LogP contribution in [0.1, 0.15) is 12.8 Å². The quantitative estimate of drug-likeness (QED) is 0.700. The molecule has 1 fully saturated rings. The summed E-state index contributed by atoms with van der Waals surface area (Å²) in [5.41, 5.74) is 0. The lowest BCUT2D eigenvalue weighted by Crippen LogP contribution is -2.48. The van der Waals surface area contributed by atoms with Crippen LogP contribution in [0.25, 0.3) is 0 Å². The van der Waals surface area contributed by atoms with Crippen LogP contribution in [0.3, 0.4) is 0 Å². The summed E-state index contributed by atoms with van der Waals surface area (Å²) in [5, 5.41) is 11.5. The van der Waals surface area contributed by atoms with Gasteiger partial charge < -0.3 is 15.3 Å². The molecule has 1 rings (SSSR count). The molecular formula is C11H18N2O4S. The smallest absolute Gasteiger partial charge is 0.323 e. The van der Waals surface area contributed by atoms with Crippen LogP contribution in [0, 0.1) is 0 Å². The van der Waals surface area contributed by atoms with Crippen molar-refractivity contribution in [3.8, 4) is 0 Å². The Bertz CT molecular complexity index is 349. The molecule has 102 valence electrons. The number of amides is 2. The molecule has 7 heteroatoms. The van der Waals surface area contributed by atoms with E-state index in [1.54, 1.807) is 0 Å². The first-order valence-electron chi connectivity index (χ1n) is 5.76. The third kappa shape index (κ3) is 4.87.